The van der Waals surface area contributed by atoms with Crippen molar-refractivity contribution in [3.8, 4) is 49.4 Å². The Hall–Kier alpha value is -3.80. The average Bonchev–Trinajstić information content (AvgIpc) is 2.70. The van der Waals surface area contributed by atoms with Gasteiger partial charge < -0.3 is 15.1 Å². The summed E-state index contributed by atoms with van der Waals surface area (Å²) >= 11 is 0. The minimum Gasteiger partial charge on any atom is -0.334 e. The van der Waals surface area contributed by atoms with Crippen LogP contribution in [0, 0.1) is 49.4 Å². The predicted octanol–water partition coefficient (Wildman–Crippen LogP) is 1.49. The molecular weight excluding hydrogens is 350 g/mol. The van der Waals surface area contributed by atoms with Crippen molar-refractivity contribution in [1.29, 1.82) is 0 Å². The molecule has 5 nitrogen and oxygen atoms in total. The van der Waals surface area contributed by atoms with Crippen molar-refractivity contribution in [3.05, 3.63) is 35.4 Å². The average molecular weight is 373 g/mol. The lowest BCUT2D eigenvalue weighted by Gasteiger charge is -2.18. The van der Waals surface area contributed by atoms with Crippen LogP contribution in [0.1, 0.15) is 17.5 Å². The SMILES string of the molecule is C#CCN(CC#C)C(=O)CCc1ccc(CNC(=O)N(CC#C)CC#C)cc1. The third kappa shape index (κ3) is 7.61. The lowest BCUT2D eigenvalue weighted by Crippen LogP contribution is -2.40. The Bertz CT molecular complexity index is 726. The number of carbonyl (C=O) groups is 2. The lowest BCUT2D eigenvalue weighted by molar-refractivity contribution is -0.129. The summed E-state index contributed by atoms with van der Waals surface area (Å²) in [5.74, 6) is 9.60. The van der Waals surface area contributed by atoms with Crippen LogP contribution < -0.4 is 5.32 Å². The molecule has 0 aliphatic rings. The summed E-state index contributed by atoms with van der Waals surface area (Å²) in [6.45, 7) is 1.07. The normalized spacial score (nSPS) is 9.14. The molecule has 0 fully saturated rings. The van der Waals surface area contributed by atoms with Crippen LogP contribution in [0.15, 0.2) is 24.3 Å². The van der Waals surface area contributed by atoms with E-state index in [4.69, 9.17) is 25.7 Å². The van der Waals surface area contributed by atoms with E-state index in [-0.39, 0.29) is 38.1 Å². The first-order valence-electron chi connectivity index (χ1n) is 8.67. The molecular formula is C23H23N3O2. The van der Waals surface area contributed by atoms with Crippen LogP contribution in [0.2, 0.25) is 0 Å². The quantitative estimate of drug-likeness (QED) is 0.667. The first-order valence-corrected chi connectivity index (χ1v) is 8.67. The predicted molar refractivity (Wildman–Crippen MR) is 110 cm³/mol. The summed E-state index contributed by atoms with van der Waals surface area (Å²) in [5, 5.41) is 2.78. The second-order valence-corrected chi connectivity index (χ2v) is 5.90. The first-order chi connectivity index (χ1) is 13.5. The van der Waals surface area contributed by atoms with Gasteiger partial charge in [0.2, 0.25) is 5.91 Å². The zero-order valence-corrected chi connectivity index (χ0v) is 15.8. The van der Waals surface area contributed by atoms with Gasteiger partial charge in [0.25, 0.3) is 0 Å². The van der Waals surface area contributed by atoms with Gasteiger partial charge in [0.15, 0.2) is 0 Å². The van der Waals surface area contributed by atoms with E-state index in [2.05, 4.69) is 29.0 Å². The second-order valence-electron chi connectivity index (χ2n) is 5.90. The number of nitrogens with one attached hydrogen (secondary N) is 1. The molecule has 28 heavy (non-hydrogen) atoms. The van der Waals surface area contributed by atoms with E-state index in [0.717, 1.165) is 11.1 Å². The van der Waals surface area contributed by atoms with Crippen molar-refractivity contribution in [2.75, 3.05) is 26.2 Å². The Balaban J connectivity index is 2.53. The zero-order valence-electron chi connectivity index (χ0n) is 15.8. The Kier molecular flexibility index (Phi) is 9.96. The molecule has 0 aromatic heterocycles. The van der Waals surface area contributed by atoms with Crippen molar-refractivity contribution >= 4 is 11.9 Å². The van der Waals surface area contributed by atoms with E-state index >= 15 is 0 Å². The second kappa shape index (κ2) is 12.5. The fourth-order valence-corrected chi connectivity index (χ4v) is 2.40. The van der Waals surface area contributed by atoms with E-state index in [0.29, 0.717) is 19.4 Å². The van der Waals surface area contributed by atoms with Crippen LogP contribution in [-0.2, 0) is 17.8 Å². The van der Waals surface area contributed by atoms with Gasteiger partial charge in [-0.15, -0.1) is 25.7 Å². The highest BCUT2D eigenvalue weighted by atomic mass is 16.2. The van der Waals surface area contributed by atoms with Crippen LogP contribution in [0.5, 0.6) is 0 Å². The molecule has 0 saturated heterocycles. The van der Waals surface area contributed by atoms with E-state index in [1.165, 1.54) is 9.80 Å². The summed E-state index contributed by atoms with van der Waals surface area (Å²) < 4.78 is 0. The zero-order chi connectivity index (χ0) is 20.8. The highest BCUT2D eigenvalue weighted by molar-refractivity contribution is 5.77. The number of hydrogen-bond donors (Lipinski definition) is 1. The van der Waals surface area contributed by atoms with Crippen LogP contribution in [-0.4, -0.2) is 47.9 Å². The number of terminal acetylenes is 4. The van der Waals surface area contributed by atoms with Gasteiger partial charge in [-0.05, 0) is 17.5 Å². The summed E-state index contributed by atoms with van der Waals surface area (Å²) in [6, 6.07) is 7.32. The molecule has 1 N–H and O–H groups in total. The summed E-state index contributed by atoms with van der Waals surface area (Å²) in [5.41, 5.74) is 1.93. The van der Waals surface area contributed by atoms with Crippen molar-refractivity contribution < 1.29 is 9.59 Å². The molecule has 0 saturated carbocycles. The summed E-state index contributed by atoms with van der Waals surface area (Å²) in [7, 11) is 0. The molecule has 5 heteroatoms. The molecule has 0 bridgehead atoms. The topological polar surface area (TPSA) is 52.7 Å². The smallest absolute Gasteiger partial charge is 0.319 e. The lowest BCUT2D eigenvalue weighted by atomic mass is 10.1. The van der Waals surface area contributed by atoms with Gasteiger partial charge in [0.1, 0.15) is 0 Å². The molecule has 0 aliphatic carbocycles. The number of nitrogens with zero attached hydrogens (tertiary/aromatic N) is 2. The molecule has 1 aromatic carbocycles. The number of carbonyl (C=O) groups excluding carboxylic acids is 2. The largest absolute Gasteiger partial charge is 0.334 e. The highest BCUT2D eigenvalue weighted by Gasteiger charge is 2.12. The number of rotatable bonds is 9. The molecule has 0 atom stereocenters. The number of benzene rings is 1. The van der Waals surface area contributed by atoms with Crippen LogP contribution >= 0.6 is 0 Å². The number of urea groups is 1. The minimum atomic E-state index is -0.312. The van der Waals surface area contributed by atoms with Gasteiger partial charge in [-0.25, -0.2) is 4.79 Å². The standard InChI is InChI=1S/C23H23N3O2/c1-5-15-25(16-6-2)22(27)14-13-20-9-11-21(12-10-20)19-24-23(28)26(17-7-3)18-8-4/h1-4,9-12H,13-19H2,(H,24,28). The molecule has 142 valence electrons. The molecule has 1 rings (SSSR count). The van der Waals surface area contributed by atoms with Gasteiger partial charge >= 0.3 is 6.03 Å². The molecule has 3 amide bonds. The van der Waals surface area contributed by atoms with Gasteiger partial charge in [-0.3, -0.25) is 4.79 Å². The van der Waals surface area contributed by atoms with E-state index in [1.54, 1.807) is 0 Å². The fourth-order valence-electron chi connectivity index (χ4n) is 2.40. The molecule has 0 spiro atoms. The maximum atomic E-state index is 12.2. The number of aryl methyl sites for hydroxylation is 1. The molecule has 0 radical (unpaired) electrons. The van der Waals surface area contributed by atoms with Gasteiger partial charge in [0.05, 0.1) is 26.2 Å². The van der Waals surface area contributed by atoms with Crippen molar-refractivity contribution in [3.63, 3.8) is 0 Å². The molecule has 0 unspecified atom stereocenters. The van der Waals surface area contributed by atoms with Gasteiger partial charge in [-0.2, -0.15) is 0 Å². The number of amides is 3. The Morgan fingerprint density at radius 3 is 1.75 bits per heavy atom. The maximum Gasteiger partial charge on any atom is 0.319 e. The van der Waals surface area contributed by atoms with Gasteiger partial charge in [0, 0.05) is 13.0 Å². The summed E-state index contributed by atoms with van der Waals surface area (Å²) in [6.07, 6.45) is 21.9. The monoisotopic (exact) mass is 373 g/mol. The highest BCUT2D eigenvalue weighted by Crippen LogP contribution is 2.08. The van der Waals surface area contributed by atoms with E-state index in [9.17, 15) is 9.59 Å². The Morgan fingerprint density at radius 2 is 1.25 bits per heavy atom. The van der Waals surface area contributed by atoms with Crippen molar-refractivity contribution in [2.45, 2.75) is 19.4 Å². The summed E-state index contributed by atoms with van der Waals surface area (Å²) in [4.78, 5) is 27.1. The number of hydrogen-bond acceptors (Lipinski definition) is 2. The van der Waals surface area contributed by atoms with Crippen molar-refractivity contribution in [1.82, 2.24) is 15.1 Å². The van der Waals surface area contributed by atoms with Crippen LogP contribution in [0.4, 0.5) is 4.79 Å². The Morgan fingerprint density at radius 1 is 0.786 bits per heavy atom. The molecule has 0 heterocycles. The van der Waals surface area contributed by atoms with Crippen LogP contribution in [0.25, 0.3) is 0 Å². The molecule has 0 aliphatic heterocycles. The fraction of sp³-hybridized carbons (Fsp3) is 0.304. The van der Waals surface area contributed by atoms with Gasteiger partial charge in [-0.1, -0.05) is 47.9 Å². The minimum absolute atomic E-state index is 0.0747. The Labute approximate surface area is 167 Å². The third-order valence-electron chi connectivity index (χ3n) is 3.86. The van der Waals surface area contributed by atoms with Crippen molar-refractivity contribution in [2.24, 2.45) is 0 Å². The van der Waals surface area contributed by atoms with Crippen LogP contribution in [0.3, 0.4) is 0 Å². The molecule has 1 aromatic rings. The maximum absolute atomic E-state index is 12.2. The van der Waals surface area contributed by atoms with E-state index in [1.807, 2.05) is 24.3 Å². The van der Waals surface area contributed by atoms with E-state index < -0.39 is 0 Å². The first kappa shape index (κ1) is 22.2. The third-order valence-corrected chi connectivity index (χ3v) is 3.86.